The highest BCUT2D eigenvalue weighted by molar-refractivity contribution is 7.99. The number of hydrogen-bond acceptors (Lipinski definition) is 4. The largest absolute Gasteiger partial charge is 0.351 e. The normalized spacial score (nSPS) is 11.2. The minimum absolute atomic E-state index is 0.285. The molecule has 0 spiro atoms. The van der Waals surface area contributed by atoms with Crippen LogP contribution in [0.5, 0.6) is 0 Å². The number of thioether (sulfide) groups is 1. The lowest BCUT2D eigenvalue weighted by molar-refractivity contribution is 0.782. The third kappa shape index (κ3) is 2.42. The van der Waals surface area contributed by atoms with E-state index in [2.05, 4.69) is 9.97 Å². The summed E-state index contributed by atoms with van der Waals surface area (Å²) in [5, 5.41) is 0.497. The zero-order chi connectivity index (χ0) is 9.84. The molecular weight excluding hydrogens is 209 g/mol. The summed E-state index contributed by atoms with van der Waals surface area (Å²) in [4.78, 5) is 27.9. The van der Waals surface area contributed by atoms with Gasteiger partial charge in [-0.15, -0.1) is 0 Å². The Morgan fingerprint density at radius 2 is 2.31 bits per heavy atom. The van der Waals surface area contributed by atoms with E-state index in [1.807, 2.05) is 13.6 Å². The molecule has 1 heterocycles. The van der Waals surface area contributed by atoms with Crippen molar-refractivity contribution in [3.05, 3.63) is 21.0 Å². The summed E-state index contributed by atoms with van der Waals surface area (Å²) in [6, 6.07) is 0. The van der Waals surface area contributed by atoms with E-state index >= 15 is 0 Å². The van der Waals surface area contributed by atoms with Crippen molar-refractivity contribution < 1.29 is 0 Å². The highest BCUT2D eigenvalue weighted by Gasteiger charge is 2.04. The van der Waals surface area contributed by atoms with Gasteiger partial charge >= 0.3 is 11.4 Å². The molecule has 1 aromatic heterocycles. The standard InChI is InChI=1S/C6H10N3O2PS/c1-3-13-6-8-4(10)7-5(11)9(6)12-2/h12H,3H2,1-2H3,(H,7,10,11). The van der Waals surface area contributed by atoms with Crippen molar-refractivity contribution in [3.63, 3.8) is 0 Å². The van der Waals surface area contributed by atoms with E-state index in [1.54, 1.807) is 0 Å². The van der Waals surface area contributed by atoms with Crippen LogP contribution in [0.25, 0.3) is 0 Å². The minimum atomic E-state index is -0.574. The predicted molar refractivity (Wildman–Crippen MR) is 55.2 cm³/mol. The molecular formula is C6H10N3O2PS. The van der Waals surface area contributed by atoms with Crippen molar-refractivity contribution in [1.82, 2.24) is 14.3 Å². The number of hydrogen-bond donors (Lipinski definition) is 1. The van der Waals surface area contributed by atoms with E-state index in [4.69, 9.17) is 0 Å². The van der Waals surface area contributed by atoms with Gasteiger partial charge < -0.3 is 0 Å². The fourth-order valence-electron chi connectivity index (χ4n) is 0.822. The molecule has 72 valence electrons. The van der Waals surface area contributed by atoms with Crippen molar-refractivity contribution in [2.75, 3.05) is 12.4 Å². The highest BCUT2D eigenvalue weighted by Crippen LogP contribution is 2.16. The molecule has 1 N–H and O–H groups in total. The second-order valence-electron chi connectivity index (χ2n) is 2.12. The maximum Gasteiger partial charge on any atom is 0.351 e. The van der Waals surface area contributed by atoms with Gasteiger partial charge in [-0.3, -0.25) is 9.32 Å². The fourth-order valence-corrected chi connectivity index (χ4v) is 2.41. The minimum Gasteiger partial charge on any atom is -0.257 e. The van der Waals surface area contributed by atoms with Crippen molar-refractivity contribution in [2.24, 2.45) is 0 Å². The lowest BCUT2D eigenvalue weighted by Gasteiger charge is -2.05. The lowest BCUT2D eigenvalue weighted by atomic mass is 11.0. The van der Waals surface area contributed by atoms with Crippen molar-refractivity contribution in [2.45, 2.75) is 12.1 Å². The van der Waals surface area contributed by atoms with Crippen molar-refractivity contribution in [3.8, 4) is 0 Å². The SMILES string of the molecule is CCSc1nc(=O)[nH]c(=O)n1PC. The summed E-state index contributed by atoms with van der Waals surface area (Å²) in [7, 11) is 0.285. The Labute approximate surface area is 80.8 Å². The highest BCUT2D eigenvalue weighted by atomic mass is 32.2. The number of nitrogens with zero attached hydrogens (tertiary/aromatic N) is 2. The quantitative estimate of drug-likeness (QED) is 0.579. The molecule has 0 aromatic carbocycles. The molecule has 0 bridgehead atoms. The van der Waals surface area contributed by atoms with Crippen LogP contribution >= 0.6 is 20.5 Å². The van der Waals surface area contributed by atoms with Gasteiger partial charge in [-0.05, 0) is 21.1 Å². The third-order valence-electron chi connectivity index (χ3n) is 1.30. The van der Waals surface area contributed by atoms with Crippen LogP contribution in [0.15, 0.2) is 14.7 Å². The van der Waals surface area contributed by atoms with Crippen LogP contribution in [0.4, 0.5) is 0 Å². The number of H-pyrrole nitrogens is 1. The van der Waals surface area contributed by atoms with E-state index in [-0.39, 0.29) is 14.4 Å². The Balaban J connectivity index is 3.29. The van der Waals surface area contributed by atoms with Gasteiger partial charge in [0.05, 0.1) is 0 Å². The first-order valence-electron chi connectivity index (χ1n) is 3.73. The van der Waals surface area contributed by atoms with Crippen LogP contribution in [0.2, 0.25) is 0 Å². The molecule has 1 rings (SSSR count). The third-order valence-corrected chi connectivity index (χ3v) is 3.15. The van der Waals surface area contributed by atoms with Crippen LogP contribution in [0.3, 0.4) is 0 Å². The molecule has 0 aliphatic heterocycles. The van der Waals surface area contributed by atoms with Crippen LogP contribution in [-0.4, -0.2) is 26.7 Å². The Morgan fingerprint density at radius 3 is 2.85 bits per heavy atom. The van der Waals surface area contributed by atoms with E-state index < -0.39 is 5.69 Å². The first-order chi connectivity index (χ1) is 6.19. The molecule has 1 unspecified atom stereocenters. The van der Waals surface area contributed by atoms with Gasteiger partial charge in [-0.1, -0.05) is 18.7 Å². The molecule has 5 nitrogen and oxygen atoms in total. The maximum atomic E-state index is 11.2. The Bertz CT molecular complexity index is 400. The van der Waals surface area contributed by atoms with Crippen LogP contribution in [-0.2, 0) is 0 Å². The fraction of sp³-hybridized carbons (Fsp3) is 0.500. The van der Waals surface area contributed by atoms with Gasteiger partial charge in [0.1, 0.15) is 0 Å². The molecule has 0 aliphatic carbocycles. The van der Waals surface area contributed by atoms with Gasteiger partial charge in [0, 0.05) is 0 Å². The second-order valence-corrected chi connectivity index (χ2v) is 4.25. The van der Waals surface area contributed by atoms with E-state index in [9.17, 15) is 9.59 Å². The first-order valence-corrected chi connectivity index (χ1v) is 6.16. The Kier molecular flexibility index (Phi) is 3.69. The zero-order valence-electron chi connectivity index (χ0n) is 7.33. The summed E-state index contributed by atoms with van der Waals surface area (Å²) < 4.78 is 1.47. The summed E-state index contributed by atoms with van der Waals surface area (Å²) in [5.41, 5.74) is -0.952. The van der Waals surface area contributed by atoms with Gasteiger partial charge in [-0.2, -0.15) is 4.98 Å². The number of rotatable bonds is 3. The Hall–Kier alpha value is -0.610. The summed E-state index contributed by atoms with van der Waals surface area (Å²) >= 11 is 1.39. The van der Waals surface area contributed by atoms with Crippen LogP contribution in [0.1, 0.15) is 6.92 Å². The van der Waals surface area contributed by atoms with Gasteiger partial charge in [-0.25, -0.2) is 9.59 Å². The topological polar surface area (TPSA) is 67.8 Å². The van der Waals surface area contributed by atoms with Gasteiger partial charge in [0.25, 0.3) is 0 Å². The molecule has 0 amide bonds. The molecule has 0 saturated heterocycles. The first kappa shape index (κ1) is 10.5. The predicted octanol–water partition coefficient (Wildman–Crippen LogP) is 0.115. The van der Waals surface area contributed by atoms with E-state index in [1.165, 1.54) is 16.1 Å². The zero-order valence-corrected chi connectivity index (χ0v) is 9.14. The molecule has 0 aliphatic rings. The summed E-state index contributed by atoms with van der Waals surface area (Å²) in [5.74, 6) is 0.792. The molecule has 0 fully saturated rings. The molecule has 13 heavy (non-hydrogen) atoms. The number of nitrogens with one attached hydrogen (secondary N) is 1. The van der Waals surface area contributed by atoms with Crippen LogP contribution in [0, 0.1) is 0 Å². The van der Waals surface area contributed by atoms with Gasteiger partial charge in [0.2, 0.25) is 0 Å². The Morgan fingerprint density at radius 1 is 1.62 bits per heavy atom. The average Bonchev–Trinajstić information content (AvgIpc) is 2.04. The summed E-state index contributed by atoms with van der Waals surface area (Å²) in [6.07, 6.45) is 0. The van der Waals surface area contributed by atoms with E-state index in [0.717, 1.165) is 5.75 Å². The van der Waals surface area contributed by atoms with Crippen molar-refractivity contribution in [1.29, 1.82) is 0 Å². The summed E-state index contributed by atoms with van der Waals surface area (Å²) in [6.45, 7) is 3.81. The molecule has 0 saturated carbocycles. The second kappa shape index (κ2) is 4.58. The maximum absolute atomic E-state index is 11.2. The number of aromatic amines is 1. The molecule has 0 radical (unpaired) electrons. The van der Waals surface area contributed by atoms with Crippen molar-refractivity contribution >= 4 is 20.5 Å². The molecule has 1 atom stereocenters. The lowest BCUT2D eigenvalue weighted by Crippen LogP contribution is -2.30. The van der Waals surface area contributed by atoms with E-state index in [0.29, 0.717) is 5.16 Å². The molecule has 7 heteroatoms. The molecule has 1 aromatic rings. The average molecular weight is 219 g/mol. The number of aromatic nitrogens is 3. The smallest absolute Gasteiger partial charge is 0.257 e. The van der Waals surface area contributed by atoms with Crippen LogP contribution < -0.4 is 11.4 Å². The monoisotopic (exact) mass is 219 g/mol. The van der Waals surface area contributed by atoms with Gasteiger partial charge in [0.15, 0.2) is 5.16 Å².